The predicted molar refractivity (Wildman–Crippen MR) is 102 cm³/mol. The lowest BCUT2D eigenvalue weighted by molar-refractivity contribution is 0.0943. The van der Waals surface area contributed by atoms with Crippen LogP contribution >= 0.6 is 23.6 Å². The maximum atomic E-state index is 12.4. The molecular formula is C18H21N3OS2. The highest BCUT2D eigenvalue weighted by Crippen LogP contribution is 2.29. The van der Waals surface area contributed by atoms with Gasteiger partial charge in [-0.3, -0.25) is 15.6 Å². The maximum absolute atomic E-state index is 12.4. The molecule has 1 aromatic carbocycles. The lowest BCUT2D eigenvalue weighted by atomic mass is 9.96. The molecule has 0 aliphatic heterocycles. The topological polar surface area (TPSA) is 53.2 Å². The quantitative estimate of drug-likeness (QED) is 0.580. The third kappa shape index (κ3) is 3.94. The molecule has 126 valence electrons. The Kier molecular flexibility index (Phi) is 5.48. The molecule has 6 heteroatoms. The van der Waals surface area contributed by atoms with Crippen molar-refractivity contribution in [2.45, 2.75) is 38.6 Å². The van der Waals surface area contributed by atoms with Gasteiger partial charge in [0, 0.05) is 10.3 Å². The van der Waals surface area contributed by atoms with Gasteiger partial charge in [-0.05, 0) is 56.0 Å². The molecule has 0 bridgehead atoms. The number of carbonyl (C=O) groups excluding carboxylic acids is 1. The first kappa shape index (κ1) is 16.9. The summed E-state index contributed by atoms with van der Waals surface area (Å²) in [6, 6.07) is 10.1. The number of benzene rings is 1. The Bertz CT molecular complexity index is 727. The largest absolute Gasteiger partial charge is 0.355 e. The van der Waals surface area contributed by atoms with E-state index in [9.17, 15) is 4.79 Å². The van der Waals surface area contributed by atoms with Gasteiger partial charge in [-0.15, -0.1) is 11.3 Å². The van der Waals surface area contributed by atoms with Gasteiger partial charge in [-0.1, -0.05) is 30.3 Å². The molecule has 0 saturated heterocycles. The van der Waals surface area contributed by atoms with Crippen LogP contribution in [0.15, 0.2) is 35.7 Å². The van der Waals surface area contributed by atoms with Crippen LogP contribution in [0.5, 0.6) is 0 Å². The van der Waals surface area contributed by atoms with Crippen LogP contribution in [0.4, 0.5) is 0 Å². The highest BCUT2D eigenvalue weighted by molar-refractivity contribution is 7.80. The number of hydrazine groups is 1. The van der Waals surface area contributed by atoms with Crippen molar-refractivity contribution in [1.29, 1.82) is 0 Å². The molecule has 1 amide bonds. The zero-order valence-electron chi connectivity index (χ0n) is 13.6. The van der Waals surface area contributed by atoms with E-state index >= 15 is 0 Å². The number of carbonyl (C=O) groups is 1. The molecule has 0 saturated carbocycles. The first-order valence-electron chi connectivity index (χ1n) is 8.16. The van der Waals surface area contributed by atoms with E-state index in [4.69, 9.17) is 12.2 Å². The van der Waals surface area contributed by atoms with Crippen LogP contribution in [0, 0.1) is 0 Å². The van der Waals surface area contributed by atoms with Gasteiger partial charge in [0.05, 0.1) is 11.6 Å². The molecule has 2 aromatic rings. The number of amides is 1. The second-order valence-electron chi connectivity index (χ2n) is 5.94. The Hall–Kier alpha value is -1.92. The van der Waals surface area contributed by atoms with Crippen molar-refractivity contribution in [3.63, 3.8) is 0 Å². The molecular weight excluding hydrogens is 338 g/mol. The number of thiophene rings is 1. The smallest absolute Gasteiger partial charge is 0.270 e. The van der Waals surface area contributed by atoms with Crippen LogP contribution in [0.25, 0.3) is 0 Å². The minimum absolute atomic E-state index is 0.0667. The van der Waals surface area contributed by atoms with Crippen molar-refractivity contribution in [2.75, 3.05) is 0 Å². The van der Waals surface area contributed by atoms with E-state index in [1.165, 1.54) is 16.9 Å². The van der Waals surface area contributed by atoms with Gasteiger partial charge in [-0.2, -0.15) is 0 Å². The van der Waals surface area contributed by atoms with Crippen molar-refractivity contribution in [1.82, 2.24) is 16.2 Å². The number of hydrogen-bond acceptors (Lipinski definition) is 3. The molecule has 0 fully saturated rings. The average Bonchev–Trinajstić information content (AvgIpc) is 3.04. The Morgan fingerprint density at radius 3 is 2.71 bits per heavy atom. The van der Waals surface area contributed by atoms with Gasteiger partial charge in [-0.25, -0.2) is 0 Å². The van der Waals surface area contributed by atoms with Crippen molar-refractivity contribution in [3.8, 4) is 0 Å². The average molecular weight is 360 g/mol. The van der Waals surface area contributed by atoms with Gasteiger partial charge >= 0.3 is 0 Å². The van der Waals surface area contributed by atoms with Crippen LogP contribution in [-0.4, -0.2) is 11.0 Å². The zero-order valence-corrected chi connectivity index (χ0v) is 15.2. The number of aryl methyl sites for hydroxylation is 1. The summed E-state index contributed by atoms with van der Waals surface area (Å²) < 4.78 is 0. The molecule has 0 spiro atoms. The molecule has 24 heavy (non-hydrogen) atoms. The highest BCUT2D eigenvalue weighted by Gasteiger charge is 2.20. The SMILES string of the molecule is C[C@@H](NC(=S)NNC(=O)c1csc2c1CCCC2)c1ccccc1. The van der Waals surface area contributed by atoms with Gasteiger partial charge in [0.25, 0.3) is 5.91 Å². The number of nitrogens with one attached hydrogen (secondary N) is 3. The summed E-state index contributed by atoms with van der Waals surface area (Å²) in [7, 11) is 0. The molecule has 3 rings (SSSR count). The molecule has 1 aromatic heterocycles. The van der Waals surface area contributed by atoms with Gasteiger partial charge in [0.2, 0.25) is 0 Å². The standard InChI is InChI=1S/C18H21N3OS2/c1-12(13-7-3-2-4-8-13)19-18(23)21-20-17(22)15-11-24-16-10-6-5-9-14(15)16/h2-4,7-8,11-12H,5-6,9-10H2,1H3,(H,20,22)(H2,19,21,23)/t12-/m1/s1. The van der Waals surface area contributed by atoms with E-state index in [1.54, 1.807) is 11.3 Å². The lowest BCUT2D eigenvalue weighted by Crippen LogP contribution is -2.47. The zero-order chi connectivity index (χ0) is 16.9. The highest BCUT2D eigenvalue weighted by atomic mass is 32.1. The normalized spacial score (nSPS) is 14.4. The second kappa shape index (κ2) is 7.77. The lowest BCUT2D eigenvalue weighted by Gasteiger charge is -2.18. The molecule has 0 radical (unpaired) electrons. The first-order valence-corrected chi connectivity index (χ1v) is 9.45. The minimum Gasteiger partial charge on any atom is -0.355 e. The summed E-state index contributed by atoms with van der Waals surface area (Å²) in [4.78, 5) is 13.7. The monoisotopic (exact) mass is 359 g/mol. The third-order valence-electron chi connectivity index (χ3n) is 4.24. The van der Waals surface area contributed by atoms with Crippen LogP contribution in [0.2, 0.25) is 0 Å². The second-order valence-corrected chi connectivity index (χ2v) is 7.32. The van der Waals surface area contributed by atoms with E-state index in [0.717, 1.165) is 30.4 Å². The van der Waals surface area contributed by atoms with Crippen molar-refractivity contribution < 1.29 is 4.79 Å². The third-order valence-corrected chi connectivity index (χ3v) is 5.55. The van der Waals surface area contributed by atoms with Gasteiger partial charge in [0.1, 0.15) is 0 Å². The van der Waals surface area contributed by atoms with Gasteiger partial charge in [0.15, 0.2) is 5.11 Å². The summed E-state index contributed by atoms with van der Waals surface area (Å²) in [6.07, 6.45) is 4.47. The molecule has 1 aliphatic rings. The molecule has 3 N–H and O–H groups in total. The number of rotatable bonds is 3. The van der Waals surface area contributed by atoms with Crippen molar-refractivity contribution in [3.05, 3.63) is 57.3 Å². The van der Waals surface area contributed by atoms with E-state index in [1.807, 2.05) is 42.6 Å². The fourth-order valence-electron chi connectivity index (χ4n) is 2.92. The molecule has 1 heterocycles. The van der Waals surface area contributed by atoms with Crippen molar-refractivity contribution in [2.24, 2.45) is 0 Å². The first-order chi connectivity index (χ1) is 11.6. The van der Waals surface area contributed by atoms with Crippen LogP contribution < -0.4 is 16.2 Å². The summed E-state index contributed by atoms with van der Waals surface area (Å²) in [6.45, 7) is 2.03. The number of thiocarbonyl (C=S) groups is 1. The van der Waals surface area contributed by atoms with Crippen LogP contribution in [0.3, 0.4) is 0 Å². The Balaban J connectivity index is 1.53. The van der Waals surface area contributed by atoms with Crippen molar-refractivity contribution >= 4 is 34.6 Å². The Morgan fingerprint density at radius 1 is 1.17 bits per heavy atom. The maximum Gasteiger partial charge on any atom is 0.270 e. The van der Waals surface area contributed by atoms with Gasteiger partial charge < -0.3 is 5.32 Å². The molecule has 1 atom stereocenters. The Labute approximate surface area is 151 Å². The summed E-state index contributed by atoms with van der Waals surface area (Å²) >= 11 is 6.95. The number of hydrogen-bond donors (Lipinski definition) is 3. The number of fused-ring (bicyclic) bond motifs is 1. The summed E-state index contributed by atoms with van der Waals surface area (Å²) in [5.74, 6) is -0.120. The van der Waals surface area contributed by atoms with E-state index in [-0.39, 0.29) is 11.9 Å². The predicted octanol–water partition coefficient (Wildman–Crippen LogP) is 3.50. The fourth-order valence-corrected chi connectivity index (χ4v) is 4.28. The van der Waals surface area contributed by atoms with E-state index in [2.05, 4.69) is 16.2 Å². The summed E-state index contributed by atoms with van der Waals surface area (Å²) in [5, 5.41) is 5.53. The molecule has 4 nitrogen and oxygen atoms in total. The summed E-state index contributed by atoms with van der Waals surface area (Å²) in [5.41, 5.74) is 8.64. The molecule has 0 unspecified atom stereocenters. The molecule has 1 aliphatic carbocycles. The van der Waals surface area contributed by atoms with Crippen LogP contribution in [-0.2, 0) is 12.8 Å². The van der Waals surface area contributed by atoms with Crippen LogP contribution in [0.1, 0.15) is 52.2 Å². The minimum atomic E-state index is -0.120. The van der Waals surface area contributed by atoms with E-state index in [0.29, 0.717) is 5.11 Å². The Morgan fingerprint density at radius 2 is 1.92 bits per heavy atom. The van der Waals surface area contributed by atoms with E-state index < -0.39 is 0 Å². The fraction of sp³-hybridized carbons (Fsp3) is 0.333.